The fraction of sp³-hybridized carbons (Fsp3) is 0.364. The number of imidazole rings is 1. The Morgan fingerprint density at radius 3 is 2.11 bits per heavy atom. The molecule has 1 aromatic heterocycles. The van der Waals surface area contributed by atoms with Crippen LogP contribution >= 0.6 is 0 Å². The summed E-state index contributed by atoms with van der Waals surface area (Å²) in [5.74, 6) is 0.524. The van der Waals surface area contributed by atoms with Crippen molar-refractivity contribution in [1.29, 1.82) is 0 Å². The van der Waals surface area contributed by atoms with Gasteiger partial charge in [-0.05, 0) is 70.9 Å². The van der Waals surface area contributed by atoms with E-state index in [1.165, 1.54) is 17.3 Å². The van der Waals surface area contributed by atoms with Gasteiger partial charge in [0.15, 0.2) is 0 Å². The minimum absolute atomic E-state index is 0.216. The molecule has 0 amide bonds. The average molecular weight is 622 g/mol. The van der Waals surface area contributed by atoms with Crippen LogP contribution in [0.25, 0.3) is 0 Å². The Balaban J connectivity index is 0.914. The zero-order valence-corrected chi connectivity index (χ0v) is 24.7. The van der Waals surface area contributed by atoms with E-state index in [2.05, 4.69) is 51.2 Å². The molecule has 1 atom stereocenters. The fourth-order valence-corrected chi connectivity index (χ4v) is 5.66. The molecule has 3 aromatic carbocycles. The van der Waals surface area contributed by atoms with Crippen LogP contribution in [0.3, 0.4) is 0 Å². The lowest BCUT2D eigenvalue weighted by Crippen LogP contribution is -2.45. The van der Waals surface area contributed by atoms with Crippen molar-refractivity contribution in [3.8, 4) is 11.8 Å². The summed E-state index contributed by atoms with van der Waals surface area (Å²) in [6, 6.07) is 22.2. The van der Waals surface area contributed by atoms with Gasteiger partial charge in [0.05, 0.1) is 5.56 Å². The van der Waals surface area contributed by atoms with E-state index in [0.717, 1.165) is 68.3 Å². The molecule has 45 heavy (non-hydrogen) atoms. The number of nitro groups is 1. The van der Waals surface area contributed by atoms with Crippen molar-refractivity contribution in [1.82, 2.24) is 14.5 Å². The lowest BCUT2D eigenvalue weighted by atomic mass is 10.0. The van der Waals surface area contributed by atoms with Gasteiger partial charge in [0.2, 0.25) is 0 Å². The van der Waals surface area contributed by atoms with Gasteiger partial charge in [0, 0.05) is 56.4 Å². The number of hydrogen-bond acceptors (Lipinski definition) is 7. The van der Waals surface area contributed by atoms with Crippen molar-refractivity contribution in [2.24, 2.45) is 0 Å². The molecule has 6 rings (SSSR count). The second-order valence-electron chi connectivity index (χ2n) is 11.4. The van der Waals surface area contributed by atoms with E-state index in [1.807, 2.05) is 12.1 Å². The standard InChI is InChI=1S/C33H34F3N5O4/c34-33(35,36)27-9-7-25(8-10-27)2-1-24-3-5-26(6-4-24)21-38-17-19-39(20-18-38)28-11-13-29(14-12-28)44-23-30-15-16-40-22-31(41(42)43)37-32(40)45-30/h3-14,22,30H,1-2,15-21,23H2. The topological polar surface area (TPSA) is 85.9 Å². The van der Waals surface area contributed by atoms with Crippen molar-refractivity contribution < 1.29 is 27.6 Å². The molecular formula is C33H34F3N5O4. The first-order valence-corrected chi connectivity index (χ1v) is 15.0. The molecule has 236 valence electrons. The summed E-state index contributed by atoms with van der Waals surface area (Å²) in [6.45, 7) is 5.52. The molecule has 9 nitrogen and oxygen atoms in total. The molecule has 0 N–H and O–H groups in total. The highest BCUT2D eigenvalue weighted by Crippen LogP contribution is 2.29. The second-order valence-corrected chi connectivity index (χ2v) is 11.4. The molecule has 4 aromatic rings. The van der Waals surface area contributed by atoms with Crippen LogP contribution in [0.15, 0.2) is 79.0 Å². The molecule has 1 fully saturated rings. The first kappa shape index (κ1) is 30.4. The number of ether oxygens (including phenoxy) is 2. The van der Waals surface area contributed by atoms with E-state index in [9.17, 15) is 23.3 Å². The summed E-state index contributed by atoms with van der Waals surface area (Å²) in [4.78, 5) is 19.2. The first-order valence-electron chi connectivity index (χ1n) is 15.0. The number of halogens is 3. The van der Waals surface area contributed by atoms with Crippen LogP contribution in [0.5, 0.6) is 11.8 Å². The quantitative estimate of drug-likeness (QED) is 0.155. The van der Waals surface area contributed by atoms with Crippen LogP contribution in [0.4, 0.5) is 24.7 Å². The molecule has 1 unspecified atom stereocenters. The zero-order chi connectivity index (χ0) is 31.4. The predicted octanol–water partition coefficient (Wildman–Crippen LogP) is 6.15. The number of aryl methyl sites for hydroxylation is 3. The summed E-state index contributed by atoms with van der Waals surface area (Å²) in [5.41, 5.74) is 3.83. The third-order valence-electron chi connectivity index (χ3n) is 8.30. The van der Waals surface area contributed by atoms with Crippen molar-refractivity contribution in [3.63, 3.8) is 0 Å². The number of nitrogens with zero attached hydrogens (tertiary/aromatic N) is 5. The number of piperazine rings is 1. The van der Waals surface area contributed by atoms with E-state index in [4.69, 9.17) is 9.47 Å². The smallest absolute Gasteiger partial charge is 0.416 e. The highest BCUT2D eigenvalue weighted by atomic mass is 19.4. The summed E-state index contributed by atoms with van der Waals surface area (Å²) >= 11 is 0. The molecule has 0 saturated carbocycles. The van der Waals surface area contributed by atoms with Gasteiger partial charge in [-0.25, -0.2) is 0 Å². The van der Waals surface area contributed by atoms with Crippen molar-refractivity contribution >= 4 is 11.5 Å². The third-order valence-corrected chi connectivity index (χ3v) is 8.30. The van der Waals surface area contributed by atoms with Crippen LogP contribution in [0.2, 0.25) is 0 Å². The number of fused-ring (bicyclic) bond motifs is 1. The largest absolute Gasteiger partial charge is 0.490 e. The fourth-order valence-electron chi connectivity index (χ4n) is 5.66. The van der Waals surface area contributed by atoms with Gasteiger partial charge < -0.3 is 24.5 Å². The SMILES string of the molecule is O=[N+]([O-])c1cn2c(n1)OC(COc1ccc(N3CCN(Cc4ccc(CCc5ccc(C(F)(F)F)cc5)cc4)CC3)cc1)CC2. The molecule has 2 aliphatic heterocycles. The summed E-state index contributed by atoms with van der Waals surface area (Å²) in [6.07, 6.45) is -0.984. The Morgan fingerprint density at radius 2 is 1.49 bits per heavy atom. The zero-order valence-electron chi connectivity index (χ0n) is 24.7. The monoisotopic (exact) mass is 621 g/mol. The highest BCUT2D eigenvalue weighted by Gasteiger charge is 2.30. The van der Waals surface area contributed by atoms with Crippen LogP contribution in [0.1, 0.15) is 28.7 Å². The third kappa shape index (κ3) is 7.75. The molecule has 12 heteroatoms. The Labute approximate surface area is 259 Å². The summed E-state index contributed by atoms with van der Waals surface area (Å²) in [5, 5.41) is 11.0. The van der Waals surface area contributed by atoms with Crippen molar-refractivity contribution in [2.75, 3.05) is 37.7 Å². The number of hydrogen-bond donors (Lipinski definition) is 0. The minimum Gasteiger partial charge on any atom is -0.490 e. The van der Waals surface area contributed by atoms with Crippen molar-refractivity contribution in [3.05, 3.63) is 111 Å². The number of aromatic nitrogens is 2. The van der Waals surface area contributed by atoms with Gasteiger partial charge in [-0.3, -0.25) is 9.47 Å². The number of alkyl halides is 3. The molecule has 0 bridgehead atoms. The van der Waals surface area contributed by atoms with Gasteiger partial charge in [-0.15, -0.1) is 0 Å². The normalized spacial score (nSPS) is 17.0. The van der Waals surface area contributed by atoms with Crippen LogP contribution in [-0.4, -0.2) is 58.3 Å². The van der Waals surface area contributed by atoms with Gasteiger partial charge in [-0.2, -0.15) is 13.2 Å². The Morgan fingerprint density at radius 1 is 0.867 bits per heavy atom. The van der Waals surface area contributed by atoms with Crippen LogP contribution < -0.4 is 14.4 Å². The summed E-state index contributed by atoms with van der Waals surface area (Å²) in [7, 11) is 0. The van der Waals surface area contributed by atoms with E-state index in [1.54, 1.807) is 16.7 Å². The Kier molecular flexibility index (Phi) is 8.92. The first-order chi connectivity index (χ1) is 21.7. The average Bonchev–Trinajstić information content (AvgIpc) is 3.48. The van der Waals surface area contributed by atoms with Gasteiger partial charge >= 0.3 is 18.0 Å². The number of rotatable bonds is 10. The maximum Gasteiger partial charge on any atom is 0.416 e. The molecule has 0 spiro atoms. The van der Waals surface area contributed by atoms with E-state index in [0.29, 0.717) is 26.0 Å². The molecule has 2 aliphatic rings. The second kappa shape index (κ2) is 13.2. The van der Waals surface area contributed by atoms with E-state index in [-0.39, 0.29) is 17.9 Å². The lowest BCUT2D eigenvalue weighted by Gasteiger charge is -2.36. The van der Waals surface area contributed by atoms with E-state index >= 15 is 0 Å². The Bertz CT molecular complexity index is 1580. The molecule has 0 aliphatic carbocycles. The highest BCUT2D eigenvalue weighted by molar-refractivity contribution is 5.49. The van der Waals surface area contributed by atoms with Crippen LogP contribution in [0, 0.1) is 10.1 Å². The Hall–Kier alpha value is -4.58. The summed E-state index contributed by atoms with van der Waals surface area (Å²) < 4.78 is 51.7. The maximum absolute atomic E-state index is 12.8. The minimum atomic E-state index is -4.31. The van der Waals surface area contributed by atoms with Gasteiger partial charge in [-0.1, -0.05) is 36.4 Å². The number of benzene rings is 3. The van der Waals surface area contributed by atoms with Crippen LogP contribution in [-0.2, 0) is 32.1 Å². The van der Waals surface area contributed by atoms with Gasteiger partial charge in [0.1, 0.15) is 24.7 Å². The maximum atomic E-state index is 12.8. The van der Waals surface area contributed by atoms with Gasteiger partial charge in [0.25, 0.3) is 0 Å². The van der Waals surface area contributed by atoms with Crippen molar-refractivity contribution in [2.45, 2.75) is 44.6 Å². The molecule has 1 saturated heterocycles. The molecule has 3 heterocycles. The predicted molar refractivity (Wildman–Crippen MR) is 163 cm³/mol. The number of anilines is 1. The molecular weight excluding hydrogens is 587 g/mol. The molecule has 0 radical (unpaired) electrons. The van der Waals surface area contributed by atoms with E-state index < -0.39 is 16.7 Å². The lowest BCUT2D eigenvalue weighted by molar-refractivity contribution is -0.389.